The fourth-order valence-corrected chi connectivity index (χ4v) is 3.66. The van der Waals surface area contributed by atoms with Gasteiger partial charge in [0, 0.05) is 44.4 Å². The molecule has 1 aromatic carbocycles. The highest BCUT2D eigenvalue weighted by atomic mass is 19.1. The molecule has 7 heteroatoms. The van der Waals surface area contributed by atoms with Gasteiger partial charge in [-0.25, -0.2) is 4.39 Å². The molecule has 0 bridgehead atoms. The van der Waals surface area contributed by atoms with Gasteiger partial charge in [-0.3, -0.25) is 9.78 Å². The highest BCUT2D eigenvalue weighted by molar-refractivity contribution is 5.93. The Morgan fingerprint density at radius 3 is 2.57 bits per heavy atom. The summed E-state index contributed by atoms with van der Waals surface area (Å²) in [6, 6.07) is 10.1. The summed E-state index contributed by atoms with van der Waals surface area (Å²) in [6.07, 6.45) is 3.78. The van der Waals surface area contributed by atoms with Gasteiger partial charge in [-0.15, -0.1) is 0 Å². The third-order valence-corrected chi connectivity index (χ3v) is 5.26. The molecule has 1 spiro atoms. The Kier molecular flexibility index (Phi) is 5.54. The molecule has 6 nitrogen and oxygen atoms in total. The average molecular weight is 385 g/mol. The van der Waals surface area contributed by atoms with Crippen LogP contribution in [-0.2, 0) is 15.9 Å². The van der Waals surface area contributed by atoms with E-state index in [1.165, 1.54) is 12.1 Å². The van der Waals surface area contributed by atoms with E-state index in [0.717, 1.165) is 17.7 Å². The van der Waals surface area contributed by atoms with Gasteiger partial charge in [0.1, 0.15) is 11.5 Å². The van der Waals surface area contributed by atoms with E-state index in [1.807, 2.05) is 6.07 Å². The number of hydrogen-bond acceptors (Lipinski definition) is 5. The van der Waals surface area contributed by atoms with Crippen LogP contribution < -0.4 is 5.32 Å². The number of benzene rings is 1. The van der Waals surface area contributed by atoms with Crippen molar-refractivity contribution in [1.82, 2.24) is 9.88 Å². The van der Waals surface area contributed by atoms with Crippen LogP contribution in [0.15, 0.2) is 42.6 Å². The number of ether oxygens (including phenoxy) is 2. The van der Waals surface area contributed by atoms with Crippen molar-refractivity contribution < 1.29 is 18.7 Å². The van der Waals surface area contributed by atoms with Crippen LogP contribution in [0.1, 0.15) is 28.9 Å². The topological polar surface area (TPSA) is 63.7 Å². The Hall–Kier alpha value is -2.51. The maximum Gasteiger partial charge on any atom is 0.272 e. The molecule has 0 aliphatic carbocycles. The number of anilines is 1. The molecular weight excluding hydrogens is 361 g/mol. The third-order valence-electron chi connectivity index (χ3n) is 5.26. The van der Waals surface area contributed by atoms with E-state index >= 15 is 0 Å². The molecule has 4 rings (SSSR count). The van der Waals surface area contributed by atoms with Gasteiger partial charge in [-0.1, -0.05) is 12.1 Å². The van der Waals surface area contributed by atoms with Crippen molar-refractivity contribution in [2.24, 2.45) is 0 Å². The molecule has 0 radical (unpaired) electrons. The largest absolute Gasteiger partial charge is 0.385 e. The number of nitrogens with zero attached hydrogens (tertiary/aromatic N) is 2. The molecule has 0 unspecified atom stereocenters. The van der Waals surface area contributed by atoms with E-state index in [4.69, 9.17) is 9.47 Å². The fourth-order valence-electron chi connectivity index (χ4n) is 3.66. The fraction of sp³-hybridized carbons (Fsp3) is 0.429. The number of halogens is 1. The SMILES string of the molecule is O=C(c1cc(NCCc2ccc(F)cc2)ccn1)N1CCC2(CC1)OCCO2. The van der Waals surface area contributed by atoms with Crippen LogP contribution in [0.25, 0.3) is 0 Å². The monoisotopic (exact) mass is 385 g/mol. The van der Waals surface area contributed by atoms with Gasteiger partial charge in [0.2, 0.25) is 0 Å². The highest BCUT2D eigenvalue weighted by Gasteiger charge is 2.41. The second-order valence-corrected chi connectivity index (χ2v) is 7.13. The second kappa shape index (κ2) is 8.24. The van der Waals surface area contributed by atoms with Crippen molar-refractivity contribution in [3.05, 3.63) is 59.7 Å². The third kappa shape index (κ3) is 4.31. The summed E-state index contributed by atoms with van der Waals surface area (Å²) in [5, 5.41) is 3.30. The summed E-state index contributed by atoms with van der Waals surface area (Å²) in [7, 11) is 0. The first-order chi connectivity index (χ1) is 13.6. The lowest BCUT2D eigenvalue weighted by Crippen LogP contribution is -2.47. The first-order valence-corrected chi connectivity index (χ1v) is 9.65. The number of rotatable bonds is 5. The lowest BCUT2D eigenvalue weighted by molar-refractivity contribution is -0.181. The van der Waals surface area contributed by atoms with Gasteiger partial charge >= 0.3 is 0 Å². The Morgan fingerprint density at radius 1 is 1.14 bits per heavy atom. The first kappa shape index (κ1) is 18.8. The summed E-state index contributed by atoms with van der Waals surface area (Å²) < 4.78 is 24.4. The molecule has 1 amide bonds. The molecule has 0 atom stereocenters. The van der Waals surface area contributed by atoms with Crippen molar-refractivity contribution in [2.75, 3.05) is 38.2 Å². The highest BCUT2D eigenvalue weighted by Crippen LogP contribution is 2.31. The molecule has 148 valence electrons. The lowest BCUT2D eigenvalue weighted by atomic mass is 10.0. The quantitative estimate of drug-likeness (QED) is 0.858. The molecule has 2 fully saturated rings. The summed E-state index contributed by atoms with van der Waals surface area (Å²) in [6.45, 7) is 3.14. The molecule has 2 aliphatic heterocycles. The van der Waals surface area contributed by atoms with E-state index in [2.05, 4.69) is 10.3 Å². The minimum absolute atomic E-state index is 0.0740. The first-order valence-electron chi connectivity index (χ1n) is 9.65. The number of carbonyl (C=O) groups is 1. The summed E-state index contributed by atoms with van der Waals surface area (Å²) >= 11 is 0. The van der Waals surface area contributed by atoms with Gasteiger partial charge in [0.05, 0.1) is 13.2 Å². The van der Waals surface area contributed by atoms with E-state index in [9.17, 15) is 9.18 Å². The molecule has 2 saturated heterocycles. The van der Waals surface area contributed by atoms with Crippen molar-refractivity contribution in [1.29, 1.82) is 0 Å². The minimum Gasteiger partial charge on any atom is -0.385 e. The standard InChI is InChI=1S/C21H24FN3O3/c22-17-3-1-16(2-4-17)5-9-23-18-6-10-24-19(15-18)20(26)25-11-7-21(8-12-25)27-13-14-28-21/h1-4,6,10,15H,5,7-9,11-14H2,(H,23,24). The van der Waals surface area contributed by atoms with Crippen LogP contribution in [0.2, 0.25) is 0 Å². The molecule has 2 aliphatic rings. The number of pyridine rings is 1. The van der Waals surface area contributed by atoms with Crippen molar-refractivity contribution >= 4 is 11.6 Å². The minimum atomic E-state index is -0.492. The second-order valence-electron chi connectivity index (χ2n) is 7.13. The lowest BCUT2D eigenvalue weighted by Gasteiger charge is -2.37. The van der Waals surface area contributed by atoms with E-state index in [-0.39, 0.29) is 11.7 Å². The summed E-state index contributed by atoms with van der Waals surface area (Å²) in [4.78, 5) is 18.9. The van der Waals surface area contributed by atoms with Crippen LogP contribution in [0.5, 0.6) is 0 Å². The van der Waals surface area contributed by atoms with Gasteiger partial charge in [0.25, 0.3) is 5.91 Å². The van der Waals surface area contributed by atoms with E-state index in [1.54, 1.807) is 29.3 Å². The molecule has 0 saturated carbocycles. The summed E-state index contributed by atoms with van der Waals surface area (Å²) in [5.41, 5.74) is 2.32. The average Bonchev–Trinajstić information content (AvgIpc) is 3.18. The molecule has 1 N–H and O–H groups in total. The van der Waals surface area contributed by atoms with Crippen LogP contribution >= 0.6 is 0 Å². The molecule has 3 heterocycles. The van der Waals surface area contributed by atoms with Crippen molar-refractivity contribution in [3.63, 3.8) is 0 Å². The van der Waals surface area contributed by atoms with E-state index in [0.29, 0.717) is 51.4 Å². The maximum atomic E-state index is 13.0. The molecule has 28 heavy (non-hydrogen) atoms. The van der Waals surface area contributed by atoms with Crippen LogP contribution in [-0.4, -0.2) is 54.4 Å². The number of hydrogen-bond donors (Lipinski definition) is 1. The zero-order valence-electron chi connectivity index (χ0n) is 15.7. The normalized spacial score (nSPS) is 18.4. The predicted molar refractivity (Wildman–Crippen MR) is 103 cm³/mol. The number of carbonyl (C=O) groups excluding carboxylic acids is 1. The number of likely N-dealkylation sites (tertiary alicyclic amines) is 1. The Balaban J connectivity index is 1.31. The number of nitrogens with one attached hydrogen (secondary N) is 1. The van der Waals surface area contributed by atoms with Gasteiger partial charge in [-0.2, -0.15) is 0 Å². The Morgan fingerprint density at radius 2 is 1.86 bits per heavy atom. The van der Waals surface area contributed by atoms with Gasteiger partial charge in [-0.05, 0) is 36.2 Å². The van der Waals surface area contributed by atoms with Crippen molar-refractivity contribution in [3.8, 4) is 0 Å². The predicted octanol–water partition coefficient (Wildman–Crippen LogP) is 2.85. The number of piperidine rings is 1. The van der Waals surface area contributed by atoms with Crippen LogP contribution in [0, 0.1) is 5.82 Å². The Bertz CT molecular complexity index is 812. The molecular formula is C21H24FN3O3. The smallest absolute Gasteiger partial charge is 0.272 e. The number of amides is 1. The van der Waals surface area contributed by atoms with Gasteiger partial charge in [0.15, 0.2) is 5.79 Å². The summed E-state index contributed by atoms with van der Waals surface area (Å²) in [5.74, 6) is -0.799. The van der Waals surface area contributed by atoms with Crippen LogP contribution in [0.3, 0.4) is 0 Å². The Labute approximate surface area is 163 Å². The number of aromatic nitrogens is 1. The van der Waals surface area contributed by atoms with Crippen molar-refractivity contribution in [2.45, 2.75) is 25.0 Å². The van der Waals surface area contributed by atoms with Gasteiger partial charge < -0.3 is 19.7 Å². The zero-order chi connectivity index (χ0) is 19.4. The zero-order valence-corrected chi connectivity index (χ0v) is 15.7. The maximum absolute atomic E-state index is 13.0. The van der Waals surface area contributed by atoms with E-state index < -0.39 is 5.79 Å². The molecule has 1 aromatic heterocycles. The molecule has 2 aromatic rings. The van der Waals surface area contributed by atoms with Crippen LogP contribution in [0.4, 0.5) is 10.1 Å².